The normalized spacial score (nSPS) is 18.1. The molecule has 122 valence electrons. The maximum atomic E-state index is 12.6. The van der Waals surface area contributed by atoms with E-state index in [1.807, 2.05) is 41.3 Å². The zero-order valence-electron chi connectivity index (χ0n) is 13.5. The molecule has 2 aromatic rings. The number of rotatable bonds is 6. The Labute approximate surface area is 137 Å². The smallest absolute Gasteiger partial charge is 0.222 e. The van der Waals surface area contributed by atoms with Crippen LogP contribution in [0, 0.1) is 0 Å². The maximum Gasteiger partial charge on any atom is 0.222 e. The van der Waals surface area contributed by atoms with Gasteiger partial charge >= 0.3 is 0 Å². The fourth-order valence-electron chi connectivity index (χ4n) is 3.25. The highest BCUT2D eigenvalue weighted by Crippen LogP contribution is 2.20. The molecule has 0 radical (unpaired) electrons. The molecular weight excluding hydrogens is 288 g/mol. The van der Waals surface area contributed by atoms with Gasteiger partial charge in [0.2, 0.25) is 5.91 Å². The molecule has 1 aliphatic heterocycles. The average Bonchev–Trinajstić information content (AvgIpc) is 3.09. The number of aryl methyl sites for hydroxylation is 1. The van der Waals surface area contributed by atoms with E-state index in [0.717, 1.165) is 44.5 Å². The topological polar surface area (TPSA) is 51.0 Å². The van der Waals surface area contributed by atoms with E-state index in [4.69, 9.17) is 0 Å². The third-order valence-electron chi connectivity index (χ3n) is 4.45. The van der Waals surface area contributed by atoms with Crippen LogP contribution in [0.5, 0.6) is 0 Å². The number of likely N-dealkylation sites (tertiary alicyclic amines) is 1. The van der Waals surface area contributed by atoms with Crippen molar-refractivity contribution in [1.29, 1.82) is 0 Å². The molecular formula is C18H24N4O. The second-order valence-corrected chi connectivity index (χ2v) is 6.14. The number of piperidine rings is 1. The zero-order chi connectivity index (χ0) is 15.9. The largest absolute Gasteiger partial charge is 0.338 e. The van der Waals surface area contributed by atoms with Crippen LogP contribution >= 0.6 is 0 Å². The number of amides is 1. The second kappa shape index (κ2) is 7.90. The van der Waals surface area contributed by atoms with Crippen LogP contribution in [0.25, 0.3) is 0 Å². The summed E-state index contributed by atoms with van der Waals surface area (Å²) in [6, 6.07) is 8.15. The SMILES string of the molecule is O=C(CCCc1ccccn1)N1CCCC[C@@H]1Cn1cccn1. The highest BCUT2D eigenvalue weighted by atomic mass is 16.2. The first kappa shape index (κ1) is 15.7. The average molecular weight is 312 g/mol. The van der Waals surface area contributed by atoms with E-state index in [2.05, 4.69) is 15.0 Å². The number of hydrogen-bond donors (Lipinski definition) is 0. The summed E-state index contributed by atoms with van der Waals surface area (Å²) in [6.07, 6.45) is 11.3. The van der Waals surface area contributed by atoms with Crippen molar-refractivity contribution in [2.45, 2.75) is 51.1 Å². The molecule has 1 atom stereocenters. The highest BCUT2D eigenvalue weighted by molar-refractivity contribution is 5.76. The van der Waals surface area contributed by atoms with Gasteiger partial charge < -0.3 is 4.90 Å². The predicted molar refractivity (Wildman–Crippen MR) is 88.8 cm³/mol. The second-order valence-electron chi connectivity index (χ2n) is 6.14. The lowest BCUT2D eigenvalue weighted by Crippen LogP contribution is -2.45. The molecule has 1 saturated heterocycles. The molecule has 1 aliphatic rings. The third-order valence-corrected chi connectivity index (χ3v) is 4.45. The lowest BCUT2D eigenvalue weighted by molar-refractivity contribution is -0.135. The van der Waals surface area contributed by atoms with E-state index < -0.39 is 0 Å². The monoisotopic (exact) mass is 312 g/mol. The Bertz CT molecular complexity index is 597. The molecule has 0 aromatic carbocycles. The van der Waals surface area contributed by atoms with Crippen LogP contribution in [0.3, 0.4) is 0 Å². The van der Waals surface area contributed by atoms with Crippen molar-refractivity contribution in [2.24, 2.45) is 0 Å². The van der Waals surface area contributed by atoms with E-state index in [0.29, 0.717) is 6.42 Å². The third kappa shape index (κ3) is 4.41. The van der Waals surface area contributed by atoms with Crippen molar-refractivity contribution < 1.29 is 4.79 Å². The Balaban J connectivity index is 1.51. The predicted octanol–water partition coefficient (Wildman–Crippen LogP) is 2.68. The summed E-state index contributed by atoms with van der Waals surface area (Å²) in [6.45, 7) is 1.69. The highest BCUT2D eigenvalue weighted by Gasteiger charge is 2.26. The van der Waals surface area contributed by atoms with Crippen LogP contribution in [0.1, 0.15) is 37.8 Å². The van der Waals surface area contributed by atoms with Crippen molar-refractivity contribution in [3.05, 3.63) is 48.5 Å². The fraction of sp³-hybridized carbons (Fsp3) is 0.500. The molecule has 0 saturated carbocycles. The summed E-state index contributed by atoms with van der Waals surface area (Å²) >= 11 is 0. The molecule has 23 heavy (non-hydrogen) atoms. The molecule has 1 amide bonds. The van der Waals surface area contributed by atoms with Crippen molar-refractivity contribution in [3.8, 4) is 0 Å². The number of carbonyl (C=O) groups is 1. The number of nitrogens with zero attached hydrogens (tertiary/aromatic N) is 4. The summed E-state index contributed by atoms with van der Waals surface area (Å²) in [5, 5.41) is 4.28. The summed E-state index contributed by atoms with van der Waals surface area (Å²) in [7, 11) is 0. The van der Waals surface area contributed by atoms with E-state index in [9.17, 15) is 4.79 Å². The molecule has 3 rings (SSSR count). The standard InChI is InChI=1S/C18H24N4O/c23-18(10-5-8-16-7-1-3-11-19-16)22-14-4-2-9-17(22)15-21-13-6-12-20-21/h1,3,6-7,11-13,17H,2,4-5,8-10,14-15H2/t17-/m1/s1. The minimum absolute atomic E-state index is 0.276. The van der Waals surface area contributed by atoms with Gasteiger partial charge in [0.15, 0.2) is 0 Å². The lowest BCUT2D eigenvalue weighted by atomic mass is 10.0. The molecule has 3 heterocycles. The summed E-state index contributed by atoms with van der Waals surface area (Å²) in [5.74, 6) is 0.276. The van der Waals surface area contributed by atoms with E-state index in [1.165, 1.54) is 6.42 Å². The maximum absolute atomic E-state index is 12.6. The van der Waals surface area contributed by atoms with Gasteiger partial charge in [0.25, 0.3) is 0 Å². The first-order chi connectivity index (χ1) is 11.3. The first-order valence-electron chi connectivity index (χ1n) is 8.50. The van der Waals surface area contributed by atoms with Crippen molar-refractivity contribution in [3.63, 3.8) is 0 Å². The zero-order valence-corrected chi connectivity index (χ0v) is 13.5. The summed E-state index contributed by atoms with van der Waals surface area (Å²) < 4.78 is 1.93. The van der Waals surface area contributed by atoms with Crippen LogP contribution in [-0.4, -0.2) is 38.2 Å². The molecule has 5 nitrogen and oxygen atoms in total. The fourth-order valence-corrected chi connectivity index (χ4v) is 3.25. The van der Waals surface area contributed by atoms with Crippen molar-refractivity contribution >= 4 is 5.91 Å². The summed E-state index contributed by atoms with van der Waals surface area (Å²) in [5.41, 5.74) is 1.06. The van der Waals surface area contributed by atoms with E-state index >= 15 is 0 Å². The first-order valence-corrected chi connectivity index (χ1v) is 8.50. The van der Waals surface area contributed by atoms with Gasteiger partial charge in [0.1, 0.15) is 0 Å². The van der Waals surface area contributed by atoms with Crippen LogP contribution < -0.4 is 0 Å². The Kier molecular flexibility index (Phi) is 5.40. The molecule has 1 fully saturated rings. The van der Waals surface area contributed by atoms with Gasteiger partial charge in [-0.3, -0.25) is 14.5 Å². The number of aromatic nitrogens is 3. The number of hydrogen-bond acceptors (Lipinski definition) is 3. The Hall–Kier alpha value is -2.17. The Morgan fingerprint density at radius 2 is 2.17 bits per heavy atom. The minimum atomic E-state index is 0.276. The molecule has 5 heteroatoms. The number of pyridine rings is 1. The molecule has 0 spiro atoms. The van der Waals surface area contributed by atoms with Crippen LogP contribution in [0.4, 0.5) is 0 Å². The van der Waals surface area contributed by atoms with Gasteiger partial charge in [0, 0.05) is 37.3 Å². The van der Waals surface area contributed by atoms with Gasteiger partial charge in [-0.05, 0) is 50.3 Å². The molecule has 0 N–H and O–H groups in total. The Morgan fingerprint density at radius 1 is 1.22 bits per heavy atom. The lowest BCUT2D eigenvalue weighted by Gasteiger charge is -2.36. The minimum Gasteiger partial charge on any atom is -0.338 e. The van der Waals surface area contributed by atoms with Crippen LogP contribution in [0.15, 0.2) is 42.9 Å². The molecule has 0 bridgehead atoms. The van der Waals surface area contributed by atoms with Gasteiger partial charge in [-0.25, -0.2) is 0 Å². The van der Waals surface area contributed by atoms with Gasteiger partial charge in [0.05, 0.1) is 12.6 Å². The van der Waals surface area contributed by atoms with E-state index in [1.54, 1.807) is 6.20 Å². The number of carbonyl (C=O) groups excluding carboxylic acids is 1. The molecule has 0 unspecified atom stereocenters. The van der Waals surface area contributed by atoms with E-state index in [-0.39, 0.29) is 11.9 Å². The van der Waals surface area contributed by atoms with Crippen LogP contribution in [-0.2, 0) is 17.8 Å². The van der Waals surface area contributed by atoms with Crippen molar-refractivity contribution in [1.82, 2.24) is 19.7 Å². The van der Waals surface area contributed by atoms with Gasteiger partial charge in [-0.2, -0.15) is 5.10 Å². The Morgan fingerprint density at radius 3 is 2.96 bits per heavy atom. The molecule has 0 aliphatic carbocycles. The quantitative estimate of drug-likeness (QED) is 0.824. The summed E-state index contributed by atoms with van der Waals surface area (Å²) in [4.78, 5) is 19.0. The van der Waals surface area contributed by atoms with Gasteiger partial charge in [-0.1, -0.05) is 6.07 Å². The van der Waals surface area contributed by atoms with Crippen LogP contribution in [0.2, 0.25) is 0 Å². The van der Waals surface area contributed by atoms with Crippen molar-refractivity contribution in [2.75, 3.05) is 6.54 Å². The van der Waals surface area contributed by atoms with Gasteiger partial charge in [-0.15, -0.1) is 0 Å². The molecule has 2 aromatic heterocycles.